The predicted octanol–water partition coefficient (Wildman–Crippen LogP) is 3.54. The molecule has 1 N–H and O–H groups in total. The van der Waals surface area contributed by atoms with E-state index in [4.69, 9.17) is 4.74 Å². The zero-order chi connectivity index (χ0) is 11.9. The monoisotopic (exact) mass is 248 g/mol. The van der Waals surface area contributed by atoms with Gasteiger partial charge in [0.15, 0.2) is 0 Å². The zero-order valence-corrected chi connectivity index (χ0v) is 10.7. The summed E-state index contributed by atoms with van der Waals surface area (Å²) >= 11 is 1.66. The largest absolute Gasteiger partial charge is 0.494 e. The van der Waals surface area contributed by atoms with Gasteiger partial charge < -0.3 is 10.1 Å². The Morgan fingerprint density at radius 1 is 1.29 bits per heavy atom. The van der Waals surface area contributed by atoms with Gasteiger partial charge in [-0.2, -0.15) is 0 Å². The molecule has 0 saturated carbocycles. The number of anilines is 1. The van der Waals surface area contributed by atoms with Crippen LogP contribution in [0, 0.1) is 0 Å². The number of ether oxygens (including phenoxy) is 1. The quantitative estimate of drug-likeness (QED) is 0.849. The van der Waals surface area contributed by atoms with E-state index in [0.29, 0.717) is 0 Å². The predicted molar refractivity (Wildman–Crippen MR) is 71.7 cm³/mol. The van der Waals surface area contributed by atoms with Crippen LogP contribution in [0.4, 0.5) is 5.69 Å². The highest BCUT2D eigenvalue weighted by atomic mass is 32.1. The fourth-order valence-electron chi connectivity index (χ4n) is 1.41. The Balaban J connectivity index is 1.85. The summed E-state index contributed by atoms with van der Waals surface area (Å²) in [7, 11) is 0. The van der Waals surface area contributed by atoms with Crippen molar-refractivity contribution in [3.8, 4) is 5.75 Å². The molecule has 2 rings (SSSR count). The summed E-state index contributed by atoms with van der Waals surface area (Å²) < 4.78 is 5.52. The lowest BCUT2D eigenvalue weighted by Gasteiger charge is -2.07. The van der Waals surface area contributed by atoms with Crippen LogP contribution in [0.2, 0.25) is 0 Å². The normalized spacial score (nSPS) is 10.2. The van der Waals surface area contributed by atoms with E-state index in [9.17, 15) is 0 Å². The average molecular weight is 248 g/mol. The molecule has 0 radical (unpaired) electrons. The van der Waals surface area contributed by atoms with Crippen molar-refractivity contribution in [2.24, 2.45) is 0 Å². The molecule has 0 amide bonds. The first-order chi connectivity index (χ1) is 8.38. The van der Waals surface area contributed by atoms with Gasteiger partial charge in [-0.25, -0.2) is 0 Å². The molecule has 0 atom stereocenters. The molecule has 3 nitrogen and oxygen atoms in total. The fourth-order valence-corrected chi connectivity index (χ4v) is 1.94. The first-order valence-electron chi connectivity index (χ1n) is 5.72. The molecular formula is C13H16N2OS. The van der Waals surface area contributed by atoms with Crippen LogP contribution in [0.3, 0.4) is 0 Å². The van der Waals surface area contributed by atoms with Crippen LogP contribution in [0.25, 0.3) is 0 Å². The van der Waals surface area contributed by atoms with E-state index in [-0.39, 0.29) is 0 Å². The summed E-state index contributed by atoms with van der Waals surface area (Å²) in [6.07, 6.45) is 2.92. The summed E-state index contributed by atoms with van der Waals surface area (Å²) in [6.45, 7) is 3.69. The van der Waals surface area contributed by atoms with Gasteiger partial charge in [0, 0.05) is 16.8 Å². The molecule has 0 saturated heterocycles. The van der Waals surface area contributed by atoms with Crippen molar-refractivity contribution >= 4 is 17.0 Å². The third kappa shape index (κ3) is 3.75. The van der Waals surface area contributed by atoms with Gasteiger partial charge in [0.25, 0.3) is 0 Å². The Bertz CT molecular complexity index is 425. The van der Waals surface area contributed by atoms with Crippen LogP contribution in [-0.2, 0) is 6.54 Å². The summed E-state index contributed by atoms with van der Waals surface area (Å²) in [6, 6.07) is 8.05. The SMILES string of the molecule is CCCOc1ccc(NCc2cncs2)cc1. The van der Waals surface area contributed by atoms with Gasteiger partial charge in [-0.3, -0.25) is 4.98 Å². The molecule has 4 heteroatoms. The molecule has 1 aromatic carbocycles. The average Bonchev–Trinajstić information content (AvgIpc) is 2.88. The Morgan fingerprint density at radius 3 is 2.76 bits per heavy atom. The highest BCUT2D eigenvalue weighted by molar-refractivity contribution is 7.09. The number of nitrogens with one attached hydrogen (secondary N) is 1. The highest BCUT2D eigenvalue weighted by Crippen LogP contribution is 2.17. The van der Waals surface area contributed by atoms with Gasteiger partial charge >= 0.3 is 0 Å². The van der Waals surface area contributed by atoms with Gasteiger partial charge in [0.05, 0.1) is 18.7 Å². The standard InChI is InChI=1S/C13H16N2OS/c1-2-7-16-12-5-3-11(4-6-12)15-9-13-8-14-10-17-13/h3-6,8,10,15H,2,7,9H2,1H3. The van der Waals surface area contributed by atoms with Crippen molar-refractivity contribution in [3.63, 3.8) is 0 Å². The first kappa shape index (κ1) is 11.9. The maximum atomic E-state index is 5.52. The van der Waals surface area contributed by atoms with Crippen molar-refractivity contribution in [1.82, 2.24) is 4.98 Å². The van der Waals surface area contributed by atoms with Crippen LogP contribution in [-0.4, -0.2) is 11.6 Å². The summed E-state index contributed by atoms with van der Waals surface area (Å²) in [5, 5.41) is 3.35. The van der Waals surface area contributed by atoms with Gasteiger partial charge in [0.2, 0.25) is 0 Å². The van der Waals surface area contributed by atoms with Crippen molar-refractivity contribution in [1.29, 1.82) is 0 Å². The smallest absolute Gasteiger partial charge is 0.119 e. The van der Waals surface area contributed by atoms with Crippen molar-refractivity contribution in [2.75, 3.05) is 11.9 Å². The molecule has 0 fully saturated rings. The number of thiazole rings is 1. The minimum atomic E-state index is 0.771. The molecule has 1 aromatic heterocycles. The van der Waals surface area contributed by atoms with Gasteiger partial charge in [-0.1, -0.05) is 6.92 Å². The maximum Gasteiger partial charge on any atom is 0.119 e. The molecule has 0 aliphatic rings. The molecule has 0 bridgehead atoms. The van der Waals surface area contributed by atoms with Crippen LogP contribution >= 0.6 is 11.3 Å². The molecule has 0 unspecified atom stereocenters. The summed E-state index contributed by atoms with van der Waals surface area (Å²) in [5.41, 5.74) is 2.95. The third-order valence-corrected chi connectivity index (χ3v) is 3.06. The topological polar surface area (TPSA) is 34.1 Å². The molecule has 17 heavy (non-hydrogen) atoms. The second-order valence-corrected chi connectivity index (χ2v) is 4.67. The Morgan fingerprint density at radius 2 is 2.12 bits per heavy atom. The van der Waals surface area contributed by atoms with E-state index in [0.717, 1.165) is 31.0 Å². The van der Waals surface area contributed by atoms with Crippen LogP contribution < -0.4 is 10.1 Å². The molecule has 90 valence electrons. The Hall–Kier alpha value is -1.55. The second-order valence-electron chi connectivity index (χ2n) is 3.69. The number of hydrogen-bond acceptors (Lipinski definition) is 4. The highest BCUT2D eigenvalue weighted by Gasteiger charge is 1.96. The molecule has 0 aliphatic heterocycles. The minimum absolute atomic E-state index is 0.771. The maximum absolute atomic E-state index is 5.52. The Kier molecular flexibility index (Phi) is 4.38. The van der Waals surface area contributed by atoms with Crippen LogP contribution in [0.1, 0.15) is 18.2 Å². The lowest BCUT2D eigenvalue weighted by molar-refractivity contribution is 0.317. The third-order valence-electron chi connectivity index (χ3n) is 2.28. The zero-order valence-electron chi connectivity index (χ0n) is 9.85. The van der Waals surface area contributed by atoms with E-state index in [2.05, 4.69) is 17.2 Å². The van der Waals surface area contributed by atoms with Gasteiger partial charge in [0.1, 0.15) is 5.75 Å². The lowest BCUT2D eigenvalue weighted by Crippen LogP contribution is -1.98. The fraction of sp³-hybridized carbons (Fsp3) is 0.308. The second kappa shape index (κ2) is 6.25. The number of rotatable bonds is 6. The van der Waals surface area contributed by atoms with E-state index >= 15 is 0 Å². The van der Waals surface area contributed by atoms with Gasteiger partial charge in [-0.05, 0) is 30.7 Å². The lowest BCUT2D eigenvalue weighted by atomic mass is 10.3. The van der Waals surface area contributed by atoms with E-state index in [1.807, 2.05) is 36.0 Å². The molecule has 1 heterocycles. The van der Waals surface area contributed by atoms with Crippen molar-refractivity contribution in [3.05, 3.63) is 40.8 Å². The number of benzene rings is 1. The summed E-state index contributed by atoms with van der Waals surface area (Å²) in [4.78, 5) is 5.27. The molecular weight excluding hydrogens is 232 g/mol. The molecule has 0 aliphatic carbocycles. The van der Waals surface area contributed by atoms with Crippen molar-refractivity contribution in [2.45, 2.75) is 19.9 Å². The number of aromatic nitrogens is 1. The first-order valence-corrected chi connectivity index (χ1v) is 6.60. The van der Waals surface area contributed by atoms with E-state index < -0.39 is 0 Å². The molecule has 0 spiro atoms. The van der Waals surface area contributed by atoms with E-state index in [1.54, 1.807) is 11.3 Å². The van der Waals surface area contributed by atoms with Crippen LogP contribution in [0.15, 0.2) is 36.0 Å². The Labute approximate surface area is 105 Å². The number of nitrogens with zero attached hydrogens (tertiary/aromatic N) is 1. The minimum Gasteiger partial charge on any atom is -0.494 e. The van der Waals surface area contributed by atoms with Crippen LogP contribution in [0.5, 0.6) is 5.75 Å². The summed E-state index contributed by atoms with van der Waals surface area (Å²) in [5.74, 6) is 0.926. The van der Waals surface area contributed by atoms with Gasteiger partial charge in [-0.15, -0.1) is 11.3 Å². The number of hydrogen-bond donors (Lipinski definition) is 1. The van der Waals surface area contributed by atoms with E-state index in [1.165, 1.54) is 4.88 Å². The van der Waals surface area contributed by atoms with Crippen molar-refractivity contribution < 1.29 is 4.74 Å². The molecule has 2 aromatic rings.